The van der Waals surface area contributed by atoms with Crippen LogP contribution in [0.2, 0.25) is 0 Å². The van der Waals surface area contributed by atoms with Crippen LogP contribution in [0, 0.1) is 5.92 Å². The van der Waals surface area contributed by atoms with Gasteiger partial charge in [-0.05, 0) is 43.2 Å². The number of carbonyl (C=O) groups is 4. The Kier molecular flexibility index (Phi) is 26.8. The van der Waals surface area contributed by atoms with Crippen LogP contribution in [0.5, 0.6) is 0 Å². The van der Waals surface area contributed by atoms with E-state index in [1.165, 1.54) is 4.90 Å². The number of thiol groups is 1. The average Bonchev–Trinajstić information content (AvgIpc) is 3.20. The molecular formula is C35H63N8O12PS. The summed E-state index contributed by atoms with van der Waals surface area (Å²) in [5, 5.41) is 11.4. The number of nitrogens with one attached hydrogen (secondary N) is 4. The van der Waals surface area contributed by atoms with E-state index in [4.69, 9.17) is 36.4 Å². The van der Waals surface area contributed by atoms with Gasteiger partial charge in [-0.2, -0.15) is 0 Å². The van der Waals surface area contributed by atoms with Gasteiger partial charge in [0.15, 0.2) is 0 Å². The monoisotopic (exact) mass is 850 g/mol. The Balaban J connectivity index is 2.13. The highest BCUT2D eigenvalue weighted by atomic mass is 32.7. The molecule has 1 aliphatic carbocycles. The average molecular weight is 851 g/mol. The number of hydrogen-bond donors (Lipinski definition) is 8. The van der Waals surface area contributed by atoms with Crippen LogP contribution in [0.15, 0.2) is 24.3 Å². The van der Waals surface area contributed by atoms with Crippen LogP contribution in [0.25, 0.3) is 0 Å². The van der Waals surface area contributed by atoms with E-state index < -0.39 is 30.3 Å². The lowest BCUT2D eigenvalue weighted by atomic mass is 9.87. The Labute approximate surface area is 340 Å². The molecule has 0 radical (unpaired) electrons. The van der Waals surface area contributed by atoms with E-state index in [-0.39, 0.29) is 117 Å². The Hall–Kier alpha value is -2.76. The van der Waals surface area contributed by atoms with Crippen molar-refractivity contribution in [2.45, 2.75) is 57.7 Å². The van der Waals surface area contributed by atoms with Crippen LogP contribution in [-0.2, 0) is 70.0 Å². The molecule has 0 saturated heterocycles. The molecule has 20 nitrogen and oxygen atoms in total. The van der Waals surface area contributed by atoms with E-state index in [0.29, 0.717) is 38.4 Å². The summed E-state index contributed by atoms with van der Waals surface area (Å²) in [6.07, 6.45) is 2.88. The molecule has 1 aliphatic rings. The van der Waals surface area contributed by atoms with E-state index in [9.17, 15) is 23.7 Å². The molecule has 0 bridgehead atoms. The molecule has 0 spiro atoms. The Morgan fingerprint density at radius 3 is 1.67 bits per heavy atom. The van der Waals surface area contributed by atoms with Gasteiger partial charge >= 0.3 is 0 Å². The summed E-state index contributed by atoms with van der Waals surface area (Å²) in [5.41, 5.74) is 1.60. The first kappa shape index (κ1) is 50.4. The number of carbonyl (C=O) groups excluding carboxylic acids is 4. The minimum atomic E-state index is -2.90. The van der Waals surface area contributed by atoms with Crippen LogP contribution in [0.1, 0.15) is 43.7 Å². The predicted molar refractivity (Wildman–Crippen MR) is 213 cm³/mol. The summed E-state index contributed by atoms with van der Waals surface area (Å²) in [4.78, 5) is 68.0. The van der Waals surface area contributed by atoms with Gasteiger partial charge in [-0.15, -0.1) is 0 Å². The molecule has 0 aromatic heterocycles. The topological polar surface area (TPSA) is 279 Å². The third kappa shape index (κ3) is 22.8. The SMILES string of the molecule is CCP(=O)(S)O[C@H]1CC[C@H](C(=O)NCc2ccc(C[C@H](C(=O)NCCOCCON)N(CC(=O)NCCOCCON)CC(=O)NCCOCCON)cc2)CC1. The Bertz CT molecular complexity index is 1320. The predicted octanol–water partition coefficient (Wildman–Crippen LogP) is -0.697. The maximum Gasteiger partial charge on any atom is 0.254 e. The molecule has 22 heteroatoms. The summed E-state index contributed by atoms with van der Waals surface area (Å²) in [7, 11) is 0. The minimum absolute atomic E-state index is 0.0576. The number of ether oxygens (including phenoxy) is 3. The fourth-order valence-corrected chi connectivity index (χ4v) is 6.98. The summed E-state index contributed by atoms with van der Waals surface area (Å²) in [6, 6.07) is 6.43. The van der Waals surface area contributed by atoms with Crippen LogP contribution in [-0.4, -0.2) is 139 Å². The van der Waals surface area contributed by atoms with Crippen LogP contribution in [0.4, 0.5) is 0 Å². The first-order chi connectivity index (χ1) is 27.5. The fourth-order valence-electron chi connectivity index (χ4n) is 5.75. The molecule has 0 heterocycles. The largest absolute Gasteiger partial charge is 0.377 e. The molecule has 2 atom stereocenters. The molecule has 10 N–H and O–H groups in total. The smallest absolute Gasteiger partial charge is 0.254 e. The molecule has 57 heavy (non-hydrogen) atoms. The molecule has 1 aromatic rings. The Morgan fingerprint density at radius 1 is 0.719 bits per heavy atom. The van der Waals surface area contributed by atoms with Crippen molar-refractivity contribution in [3.05, 3.63) is 35.4 Å². The number of nitrogens with two attached hydrogens (primary N) is 3. The second-order valence-corrected chi connectivity index (χ2v) is 17.1. The van der Waals surface area contributed by atoms with Crippen molar-refractivity contribution in [3.63, 3.8) is 0 Å². The van der Waals surface area contributed by atoms with E-state index in [1.54, 1.807) is 6.92 Å². The van der Waals surface area contributed by atoms with Crippen LogP contribution in [0.3, 0.4) is 0 Å². The van der Waals surface area contributed by atoms with E-state index in [1.807, 2.05) is 24.3 Å². The van der Waals surface area contributed by atoms with Gasteiger partial charge in [0.1, 0.15) is 0 Å². The standard InChI is InChI=1S/C35H63N8O12PS/c1-2-56(48,57)55-30-9-7-29(8-10-30)34(46)42-24-28-5-3-27(4-6-28)23-31(35(47)41-13-16-51-19-22-54-38)43(25-32(44)39-11-14-49-17-20-52-36)26-33(45)40-12-15-50-18-21-53-37/h3-6,29-31H,2,7-26,36-38H2,1H3,(H,39,44)(H,40,45)(H,41,47)(H,42,46)(H,48,57)/t29-,30-,31-,56?/m1/s1. The zero-order chi connectivity index (χ0) is 41.7. The molecule has 1 aromatic carbocycles. The van der Waals surface area contributed by atoms with Crippen molar-refractivity contribution < 1.29 is 57.0 Å². The number of benzene rings is 1. The van der Waals surface area contributed by atoms with Gasteiger partial charge in [0.05, 0.1) is 84.7 Å². The zero-order valence-corrected chi connectivity index (χ0v) is 34.7. The summed E-state index contributed by atoms with van der Waals surface area (Å²) in [5.74, 6) is 13.6. The zero-order valence-electron chi connectivity index (χ0n) is 32.9. The van der Waals surface area contributed by atoms with Crippen molar-refractivity contribution in [1.29, 1.82) is 0 Å². The lowest BCUT2D eigenvalue weighted by molar-refractivity contribution is -0.132. The highest BCUT2D eigenvalue weighted by molar-refractivity contribution is 8.46. The molecule has 1 fully saturated rings. The Morgan fingerprint density at radius 2 is 1.19 bits per heavy atom. The third-order valence-corrected chi connectivity index (χ3v) is 11.4. The van der Waals surface area contributed by atoms with Gasteiger partial charge in [-0.3, -0.25) is 28.6 Å². The van der Waals surface area contributed by atoms with Gasteiger partial charge in [0.2, 0.25) is 23.6 Å². The first-order valence-electron chi connectivity index (χ1n) is 19.1. The van der Waals surface area contributed by atoms with Crippen molar-refractivity contribution in [1.82, 2.24) is 26.2 Å². The molecule has 2 rings (SSSR count). The number of amides is 4. The molecule has 0 aliphatic heterocycles. The maximum absolute atomic E-state index is 13.8. The van der Waals surface area contributed by atoms with Crippen molar-refractivity contribution in [2.24, 2.45) is 23.6 Å². The molecule has 326 valence electrons. The number of rotatable bonds is 32. The second-order valence-electron chi connectivity index (χ2n) is 13.1. The fraction of sp³-hybridized carbons (Fsp3) is 0.714. The highest BCUT2D eigenvalue weighted by Crippen LogP contribution is 2.53. The maximum atomic E-state index is 13.8. The third-order valence-electron chi connectivity index (χ3n) is 8.83. The van der Waals surface area contributed by atoms with Crippen molar-refractivity contribution >= 4 is 42.4 Å². The van der Waals surface area contributed by atoms with Gasteiger partial charge < -0.3 is 54.5 Å². The van der Waals surface area contributed by atoms with Crippen LogP contribution < -0.4 is 39.0 Å². The van der Waals surface area contributed by atoms with Gasteiger partial charge in [0, 0.05) is 38.3 Å². The normalized spacial score (nSPS) is 17.1. The summed E-state index contributed by atoms with van der Waals surface area (Å²) < 4.78 is 34.1. The number of nitrogens with zero attached hydrogens (tertiary/aromatic N) is 1. The summed E-state index contributed by atoms with van der Waals surface area (Å²) >= 11 is 4.14. The van der Waals surface area contributed by atoms with E-state index >= 15 is 0 Å². The van der Waals surface area contributed by atoms with Crippen LogP contribution >= 0.6 is 18.8 Å². The summed E-state index contributed by atoms with van der Waals surface area (Å²) in [6.45, 7) is 1.01. The lowest BCUT2D eigenvalue weighted by Gasteiger charge is -2.30. The minimum Gasteiger partial charge on any atom is -0.377 e. The molecule has 1 unspecified atom stereocenters. The second kappa shape index (κ2) is 30.3. The van der Waals surface area contributed by atoms with E-state index in [0.717, 1.165) is 11.1 Å². The quantitative estimate of drug-likeness (QED) is 0.0193. The van der Waals surface area contributed by atoms with Crippen molar-refractivity contribution in [2.75, 3.05) is 98.3 Å². The lowest BCUT2D eigenvalue weighted by Crippen LogP contribution is -2.54. The highest BCUT2D eigenvalue weighted by Gasteiger charge is 2.31. The number of hydrogen-bond acceptors (Lipinski definition) is 16. The van der Waals surface area contributed by atoms with E-state index in [2.05, 4.69) is 48.0 Å². The van der Waals surface area contributed by atoms with Gasteiger partial charge in [-0.25, -0.2) is 17.7 Å². The van der Waals surface area contributed by atoms with Gasteiger partial charge in [-0.1, -0.05) is 43.4 Å². The molecule has 4 amide bonds. The molecule has 1 saturated carbocycles. The first-order valence-corrected chi connectivity index (χ1v) is 22.1. The molecular weight excluding hydrogens is 787 g/mol. The van der Waals surface area contributed by atoms with Crippen molar-refractivity contribution in [3.8, 4) is 0 Å². The van der Waals surface area contributed by atoms with Gasteiger partial charge in [0.25, 0.3) is 6.57 Å².